The number of aryl methyl sites for hydroxylation is 1. The Balaban J connectivity index is 1.22. The van der Waals surface area contributed by atoms with Crippen molar-refractivity contribution in [3.05, 3.63) is 144 Å². The number of aromatic nitrogens is 3. The predicted molar refractivity (Wildman–Crippen MR) is 169 cm³/mol. The van der Waals surface area contributed by atoms with Gasteiger partial charge in [0.05, 0.1) is 12.3 Å². The van der Waals surface area contributed by atoms with E-state index in [1.807, 2.05) is 115 Å². The number of rotatable bonds is 9. The number of amides is 1. The molecule has 1 N–H and O–H groups in total. The number of thioether (sulfide) groups is 1. The molecule has 0 aliphatic carbocycles. The largest absolute Gasteiger partial charge is 0.322 e. The second-order valence-corrected chi connectivity index (χ2v) is 11.0. The summed E-state index contributed by atoms with van der Waals surface area (Å²) in [7, 11) is 0. The van der Waals surface area contributed by atoms with Crippen LogP contribution in [0.25, 0.3) is 22.2 Å². The van der Waals surface area contributed by atoms with Gasteiger partial charge in [0.25, 0.3) is 5.91 Å². The van der Waals surface area contributed by atoms with Crippen LogP contribution < -0.4 is 5.32 Å². The van der Waals surface area contributed by atoms with Crippen LogP contribution in [0.4, 0.5) is 5.69 Å². The fraction of sp³-hybridized carbons (Fsp3) is 0.0857. The van der Waals surface area contributed by atoms with Gasteiger partial charge in [0.1, 0.15) is 0 Å². The van der Waals surface area contributed by atoms with Gasteiger partial charge in [0.2, 0.25) is 0 Å². The molecule has 6 rings (SSSR count). The lowest BCUT2D eigenvalue weighted by Gasteiger charge is -2.11. The van der Waals surface area contributed by atoms with Crippen LogP contribution in [-0.2, 0) is 6.54 Å². The summed E-state index contributed by atoms with van der Waals surface area (Å²) in [6, 6.07) is 39.0. The van der Waals surface area contributed by atoms with Gasteiger partial charge in [-0.1, -0.05) is 96.2 Å². The van der Waals surface area contributed by atoms with Crippen molar-refractivity contribution >= 4 is 39.9 Å². The molecule has 6 nitrogen and oxygen atoms in total. The topological polar surface area (TPSA) is 76.9 Å². The molecule has 1 amide bonds. The van der Waals surface area contributed by atoms with Crippen molar-refractivity contribution < 1.29 is 9.59 Å². The molecule has 0 saturated carbocycles. The molecule has 0 bridgehead atoms. The second-order valence-electron chi connectivity index (χ2n) is 10.1. The molecule has 0 unspecified atom stereocenters. The van der Waals surface area contributed by atoms with E-state index in [4.69, 9.17) is 0 Å². The summed E-state index contributed by atoms with van der Waals surface area (Å²) in [6.45, 7) is 2.52. The smallest absolute Gasteiger partial charge is 0.255 e. The van der Waals surface area contributed by atoms with E-state index in [1.54, 1.807) is 6.07 Å². The fourth-order valence-corrected chi connectivity index (χ4v) is 5.62. The molecule has 0 spiro atoms. The third kappa shape index (κ3) is 6.16. The SMILES string of the molecule is Cc1cccc(C(=O)Nc2ccc(-c3nnc(SCC(=O)c4ccc5ccccc5c4)n3Cc3ccccc3)cc2)c1. The molecule has 0 atom stereocenters. The molecular weight excluding hydrogens is 540 g/mol. The molecule has 0 aliphatic rings. The number of hydrogen-bond acceptors (Lipinski definition) is 5. The molecule has 0 saturated heterocycles. The van der Waals surface area contributed by atoms with Crippen LogP contribution in [0.15, 0.2) is 126 Å². The normalized spacial score (nSPS) is 11.0. The second kappa shape index (κ2) is 12.2. The highest BCUT2D eigenvalue weighted by Gasteiger charge is 2.17. The van der Waals surface area contributed by atoms with Crippen molar-refractivity contribution in [1.29, 1.82) is 0 Å². The summed E-state index contributed by atoms with van der Waals surface area (Å²) in [5, 5.41) is 14.8. The van der Waals surface area contributed by atoms with Gasteiger partial charge in [-0.15, -0.1) is 10.2 Å². The Bertz CT molecular complexity index is 1880. The summed E-state index contributed by atoms with van der Waals surface area (Å²) in [5.41, 5.74) is 4.97. The van der Waals surface area contributed by atoms with E-state index >= 15 is 0 Å². The molecule has 7 heteroatoms. The Hall–Kier alpha value is -5.01. The number of nitrogens with one attached hydrogen (secondary N) is 1. The summed E-state index contributed by atoms with van der Waals surface area (Å²) < 4.78 is 2.04. The van der Waals surface area contributed by atoms with Crippen molar-refractivity contribution in [3.8, 4) is 11.4 Å². The summed E-state index contributed by atoms with van der Waals surface area (Å²) >= 11 is 1.38. The van der Waals surface area contributed by atoms with Gasteiger partial charge in [-0.3, -0.25) is 14.2 Å². The summed E-state index contributed by atoms with van der Waals surface area (Å²) in [5.74, 6) is 0.814. The van der Waals surface area contributed by atoms with E-state index in [-0.39, 0.29) is 17.4 Å². The fourth-order valence-electron chi connectivity index (χ4n) is 4.79. The Labute approximate surface area is 248 Å². The highest BCUT2D eigenvalue weighted by Crippen LogP contribution is 2.27. The molecule has 6 aromatic rings. The molecule has 42 heavy (non-hydrogen) atoms. The molecule has 0 aliphatic heterocycles. The Morgan fingerprint density at radius 3 is 2.29 bits per heavy atom. The number of nitrogens with zero attached hydrogens (tertiary/aromatic N) is 3. The minimum absolute atomic E-state index is 0.0373. The first-order chi connectivity index (χ1) is 20.5. The highest BCUT2D eigenvalue weighted by molar-refractivity contribution is 7.99. The van der Waals surface area contributed by atoms with E-state index in [1.165, 1.54) is 11.8 Å². The number of carbonyl (C=O) groups is 2. The lowest BCUT2D eigenvalue weighted by molar-refractivity contribution is 0.101. The quantitative estimate of drug-likeness (QED) is 0.143. The zero-order chi connectivity index (χ0) is 28.9. The summed E-state index contributed by atoms with van der Waals surface area (Å²) in [6.07, 6.45) is 0. The van der Waals surface area contributed by atoms with E-state index in [2.05, 4.69) is 27.6 Å². The molecule has 1 aromatic heterocycles. The third-order valence-corrected chi connectivity index (χ3v) is 7.95. The zero-order valence-corrected chi connectivity index (χ0v) is 23.8. The maximum atomic E-state index is 13.1. The van der Waals surface area contributed by atoms with Crippen LogP contribution in [-0.4, -0.2) is 32.2 Å². The lowest BCUT2D eigenvalue weighted by Crippen LogP contribution is -2.11. The van der Waals surface area contributed by atoms with Gasteiger partial charge in [0, 0.05) is 22.4 Å². The highest BCUT2D eigenvalue weighted by atomic mass is 32.2. The van der Waals surface area contributed by atoms with Crippen molar-refractivity contribution in [2.45, 2.75) is 18.6 Å². The first kappa shape index (κ1) is 27.2. The first-order valence-corrected chi connectivity index (χ1v) is 14.6. The van der Waals surface area contributed by atoms with Crippen molar-refractivity contribution in [1.82, 2.24) is 14.8 Å². The van der Waals surface area contributed by atoms with Gasteiger partial charge in [-0.2, -0.15) is 0 Å². The van der Waals surface area contributed by atoms with E-state index in [0.717, 1.165) is 27.5 Å². The summed E-state index contributed by atoms with van der Waals surface area (Å²) in [4.78, 5) is 25.8. The molecule has 0 fully saturated rings. The van der Waals surface area contributed by atoms with Crippen LogP contribution in [0, 0.1) is 6.92 Å². The zero-order valence-electron chi connectivity index (χ0n) is 23.0. The monoisotopic (exact) mass is 568 g/mol. The van der Waals surface area contributed by atoms with Crippen LogP contribution in [0.3, 0.4) is 0 Å². The van der Waals surface area contributed by atoms with Crippen LogP contribution >= 0.6 is 11.8 Å². The number of Topliss-reactive ketones (excluding diaryl/α,β-unsaturated/α-hetero) is 1. The Kier molecular flexibility index (Phi) is 7.92. The van der Waals surface area contributed by atoms with E-state index in [9.17, 15) is 9.59 Å². The number of fused-ring (bicyclic) bond motifs is 1. The predicted octanol–water partition coefficient (Wildman–Crippen LogP) is 7.68. The van der Waals surface area contributed by atoms with Crippen LogP contribution in [0.5, 0.6) is 0 Å². The number of benzene rings is 5. The minimum Gasteiger partial charge on any atom is -0.322 e. The van der Waals surface area contributed by atoms with Gasteiger partial charge < -0.3 is 5.32 Å². The number of carbonyl (C=O) groups excluding carboxylic acids is 2. The van der Waals surface area contributed by atoms with Crippen molar-refractivity contribution in [2.75, 3.05) is 11.1 Å². The van der Waals surface area contributed by atoms with Crippen molar-refractivity contribution in [2.24, 2.45) is 0 Å². The first-order valence-electron chi connectivity index (χ1n) is 13.6. The average molecular weight is 569 g/mol. The Morgan fingerprint density at radius 2 is 1.50 bits per heavy atom. The van der Waals surface area contributed by atoms with Gasteiger partial charge in [0.15, 0.2) is 16.8 Å². The Morgan fingerprint density at radius 1 is 0.738 bits per heavy atom. The molecule has 5 aromatic carbocycles. The van der Waals surface area contributed by atoms with Crippen molar-refractivity contribution in [3.63, 3.8) is 0 Å². The maximum absolute atomic E-state index is 13.1. The van der Waals surface area contributed by atoms with Gasteiger partial charge in [-0.05, 0) is 65.7 Å². The van der Waals surface area contributed by atoms with Crippen LogP contribution in [0.1, 0.15) is 31.8 Å². The average Bonchev–Trinajstić information content (AvgIpc) is 3.42. The number of ketones is 1. The van der Waals surface area contributed by atoms with Gasteiger partial charge >= 0.3 is 0 Å². The molecule has 206 valence electrons. The molecule has 1 heterocycles. The molecular formula is C35H28N4O2S. The van der Waals surface area contributed by atoms with E-state index < -0.39 is 0 Å². The number of anilines is 1. The third-order valence-electron chi connectivity index (χ3n) is 6.99. The maximum Gasteiger partial charge on any atom is 0.255 e. The lowest BCUT2D eigenvalue weighted by atomic mass is 10.1. The van der Waals surface area contributed by atoms with E-state index in [0.29, 0.717) is 34.3 Å². The standard InChI is InChI=1S/C35H28N4O2S/c1-24-8-7-13-30(20-24)34(41)36-31-18-16-27(17-19-31)33-37-38-35(39(33)22-25-9-3-2-4-10-25)42-23-32(40)29-15-14-26-11-5-6-12-28(26)21-29/h2-21H,22-23H2,1H3,(H,36,41). The minimum atomic E-state index is -0.159. The molecule has 0 radical (unpaired) electrons. The number of hydrogen-bond donors (Lipinski definition) is 1. The van der Waals surface area contributed by atoms with Crippen LogP contribution in [0.2, 0.25) is 0 Å². The van der Waals surface area contributed by atoms with Gasteiger partial charge in [-0.25, -0.2) is 0 Å².